The molecule has 1 N–H and O–H groups in total. The van der Waals surface area contributed by atoms with Gasteiger partial charge in [-0.05, 0) is 19.1 Å². The average Bonchev–Trinajstić information content (AvgIpc) is 2.77. The van der Waals surface area contributed by atoms with Crippen molar-refractivity contribution in [3.63, 3.8) is 0 Å². The summed E-state index contributed by atoms with van der Waals surface area (Å²) in [5.74, 6) is 1.04. The van der Waals surface area contributed by atoms with Gasteiger partial charge in [0, 0.05) is 31.9 Å². The Hall–Kier alpha value is -1.55. The van der Waals surface area contributed by atoms with Gasteiger partial charge in [0.1, 0.15) is 11.4 Å². The lowest BCUT2D eigenvalue weighted by Gasteiger charge is -2.35. The first-order chi connectivity index (χ1) is 7.86. The lowest BCUT2D eigenvalue weighted by Crippen LogP contribution is -2.50. The third-order valence-electron chi connectivity index (χ3n) is 3.13. The van der Waals surface area contributed by atoms with Gasteiger partial charge in [0.25, 0.3) is 0 Å². The Morgan fingerprint density at radius 2 is 2.44 bits per heavy atom. The smallest absolute Gasteiger partial charge is 0.140 e. The standard InChI is InChI=1S/C12H15N3O/c1-9-8-13-5-6-15(9)12-10-3-7-16-11(10)2-4-14-12/h2-4,7,9,13H,5-6,8H2,1H3/t9-/m1/s1. The highest BCUT2D eigenvalue weighted by Crippen LogP contribution is 2.26. The minimum absolute atomic E-state index is 0.474. The van der Waals surface area contributed by atoms with Crippen LogP contribution in [0.3, 0.4) is 0 Å². The highest BCUT2D eigenvalue weighted by atomic mass is 16.3. The second-order valence-electron chi connectivity index (χ2n) is 4.21. The molecule has 1 aliphatic heterocycles. The van der Waals surface area contributed by atoms with Crippen LogP contribution in [0, 0.1) is 0 Å². The van der Waals surface area contributed by atoms with E-state index >= 15 is 0 Å². The minimum Gasteiger partial charge on any atom is -0.464 e. The van der Waals surface area contributed by atoms with E-state index in [2.05, 4.69) is 22.1 Å². The van der Waals surface area contributed by atoms with Gasteiger partial charge in [-0.25, -0.2) is 4.98 Å². The summed E-state index contributed by atoms with van der Waals surface area (Å²) in [6.45, 7) is 5.24. The van der Waals surface area contributed by atoms with Crippen molar-refractivity contribution in [2.45, 2.75) is 13.0 Å². The number of hydrogen-bond donors (Lipinski definition) is 1. The molecule has 2 aromatic rings. The number of pyridine rings is 1. The number of hydrogen-bond acceptors (Lipinski definition) is 4. The molecule has 4 heteroatoms. The summed E-state index contributed by atoms with van der Waals surface area (Å²) in [5, 5.41) is 4.49. The molecule has 0 aromatic carbocycles. The van der Waals surface area contributed by atoms with Crippen molar-refractivity contribution in [1.82, 2.24) is 10.3 Å². The van der Waals surface area contributed by atoms with E-state index in [4.69, 9.17) is 4.42 Å². The Kier molecular flexibility index (Phi) is 2.29. The molecule has 4 nitrogen and oxygen atoms in total. The Morgan fingerprint density at radius 3 is 3.31 bits per heavy atom. The molecule has 0 bridgehead atoms. The van der Waals surface area contributed by atoms with Gasteiger partial charge in [-0.3, -0.25) is 0 Å². The topological polar surface area (TPSA) is 41.3 Å². The van der Waals surface area contributed by atoms with Crippen molar-refractivity contribution in [2.75, 3.05) is 24.5 Å². The summed E-state index contributed by atoms with van der Waals surface area (Å²) in [6.07, 6.45) is 3.54. The summed E-state index contributed by atoms with van der Waals surface area (Å²) in [7, 11) is 0. The van der Waals surface area contributed by atoms with Crippen LogP contribution in [0.15, 0.2) is 29.0 Å². The molecule has 1 aliphatic rings. The predicted molar refractivity (Wildman–Crippen MR) is 63.7 cm³/mol. The zero-order valence-electron chi connectivity index (χ0n) is 9.31. The van der Waals surface area contributed by atoms with E-state index in [1.54, 1.807) is 6.26 Å². The van der Waals surface area contributed by atoms with Crippen LogP contribution in [-0.4, -0.2) is 30.7 Å². The van der Waals surface area contributed by atoms with Crippen LogP contribution in [-0.2, 0) is 0 Å². The first-order valence-corrected chi connectivity index (χ1v) is 5.66. The fraction of sp³-hybridized carbons (Fsp3) is 0.417. The lowest BCUT2D eigenvalue weighted by atomic mass is 10.2. The molecule has 1 atom stereocenters. The summed E-state index contributed by atoms with van der Waals surface area (Å²) in [4.78, 5) is 6.83. The average molecular weight is 217 g/mol. The summed E-state index contributed by atoms with van der Waals surface area (Å²) < 4.78 is 5.40. The maximum atomic E-state index is 5.40. The van der Waals surface area contributed by atoms with Gasteiger partial charge in [-0.2, -0.15) is 0 Å². The SMILES string of the molecule is C[C@@H]1CNCCN1c1nccc2occc12. The molecule has 0 radical (unpaired) electrons. The van der Waals surface area contributed by atoms with Gasteiger partial charge in [0.15, 0.2) is 0 Å². The van der Waals surface area contributed by atoms with Gasteiger partial charge in [-0.1, -0.05) is 0 Å². The quantitative estimate of drug-likeness (QED) is 0.788. The van der Waals surface area contributed by atoms with E-state index in [1.165, 1.54) is 0 Å². The van der Waals surface area contributed by atoms with Gasteiger partial charge in [0.05, 0.1) is 11.6 Å². The molecule has 2 aromatic heterocycles. The molecule has 0 spiro atoms. The Labute approximate surface area is 94.3 Å². The Balaban J connectivity index is 2.07. The number of furan rings is 1. The molecular weight excluding hydrogens is 202 g/mol. The molecular formula is C12H15N3O. The zero-order valence-corrected chi connectivity index (χ0v) is 9.31. The van der Waals surface area contributed by atoms with E-state index in [0.717, 1.165) is 36.4 Å². The number of nitrogens with one attached hydrogen (secondary N) is 1. The largest absolute Gasteiger partial charge is 0.464 e. The fourth-order valence-electron chi connectivity index (χ4n) is 2.26. The molecule has 0 saturated carbocycles. The highest BCUT2D eigenvalue weighted by molar-refractivity contribution is 5.88. The van der Waals surface area contributed by atoms with Crippen LogP contribution in [0.1, 0.15) is 6.92 Å². The van der Waals surface area contributed by atoms with Crippen molar-refractivity contribution in [2.24, 2.45) is 0 Å². The lowest BCUT2D eigenvalue weighted by molar-refractivity contribution is 0.498. The molecule has 1 saturated heterocycles. The highest BCUT2D eigenvalue weighted by Gasteiger charge is 2.21. The minimum atomic E-state index is 0.474. The van der Waals surface area contributed by atoms with Crippen LogP contribution >= 0.6 is 0 Å². The van der Waals surface area contributed by atoms with Crippen molar-refractivity contribution in [3.8, 4) is 0 Å². The summed E-state index contributed by atoms with van der Waals surface area (Å²) in [5.41, 5.74) is 0.913. The molecule has 0 aliphatic carbocycles. The number of anilines is 1. The van der Waals surface area contributed by atoms with Gasteiger partial charge in [0.2, 0.25) is 0 Å². The van der Waals surface area contributed by atoms with E-state index < -0.39 is 0 Å². The van der Waals surface area contributed by atoms with E-state index in [9.17, 15) is 0 Å². The van der Waals surface area contributed by atoms with Crippen LogP contribution in [0.25, 0.3) is 11.0 Å². The van der Waals surface area contributed by atoms with Crippen LogP contribution in [0.2, 0.25) is 0 Å². The molecule has 3 heterocycles. The molecule has 0 amide bonds. The van der Waals surface area contributed by atoms with Crippen molar-refractivity contribution in [3.05, 3.63) is 24.6 Å². The number of piperazine rings is 1. The predicted octanol–water partition coefficient (Wildman–Crippen LogP) is 1.63. The third-order valence-corrected chi connectivity index (χ3v) is 3.13. The van der Waals surface area contributed by atoms with E-state index in [1.807, 2.05) is 18.3 Å². The number of nitrogens with zero attached hydrogens (tertiary/aromatic N) is 2. The maximum absolute atomic E-state index is 5.40. The number of rotatable bonds is 1. The first-order valence-electron chi connectivity index (χ1n) is 5.66. The Morgan fingerprint density at radius 1 is 1.50 bits per heavy atom. The number of aromatic nitrogens is 1. The summed E-state index contributed by atoms with van der Waals surface area (Å²) >= 11 is 0. The normalized spacial score (nSPS) is 21.6. The molecule has 0 unspecified atom stereocenters. The molecule has 84 valence electrons. The summed E-state index contributed by atoms with van der Waals surface area (Å²) in [6, 6.07) is 4.37. The second-order valence-corrected chi connectivity index (χ2v) is 4.21. The van der Waals surface area contributed by atoms with Crippen LogP contribution < -0.4 is 10.2 Å². The molecule has 16 heavy (non-hydrogen) atoms. The molecule has 3 rings (SSSR count). The molecule has 1 fully saturated rings. The van der Waals surface area contributed by atoms with Gasteiger partial charge < -0.3 is 14.6 Å². The van der Waals surface area contributed by atoms with Crippen molar-refractivity contribution < 1.29 is 4.42 Å². The zero-order chi connectivity index (χ0) is 11.0. The first kappa shape index (κ1) is 9.66. The van der Waals surface area contributed by atoms with Crippen LogP contribution in [0.5, 0.6) is 0 Å². The van der Waals surface area contributed by atoms with Gasteiger partial charge in [-0.15, -0.1) is 0 Å². The van der Waals surface area contributed by atoms with Gasteiger partial charge >= 0.3 is 0 Å². The van der Waals surface area contributed by atoms with E-state index in [0.29, 0.717) is 6.04 Å². The van der Waals surface area contributed by atoms with E-state index in [-0.39, 0.29) is 0 Å². The number of fused-ring (bicyclic) bond motifs is 1. The monoisotopic (exact) mass is 217 g/mol. The van der Waals surface area contributed by atoms with Crippen molar-refractivity contribution in [1.29, 1.82) is 0 Å². The third kappa shape index (κ3) is 1.46. The Bertz CT molecular complexity index is 494. The second kappa shape index (κ2) is 3.79. The maximum Gasteiger partial charge on any atom is 0.140 e. The van der Waals surface area contributed by atoms with Crippen LogP contribution in [0.4, 0.5) is 5.82 Å². The fourth-order valence-corrected chi connectivity index (χ4v) is 2.26. The van der Waals surface area contributed by atoms with Crippen molar-refractivity contribution >= 4 is 16.8 Å².